The van der Waals surface area contributed by atoms with Gasteiger partial charge in [-0.15, -0.1) is 0 Å². The Kier molecular flexibility index (Phi) is 6.65. The third-order valence-corrected chi connectivity index (χ3v) is 4.05. The van der Waals surface area contributed by atoms with Crippen molar-refractivity contribution in [3.63, 3.8) is 0 Å². The molecule has 0 aliphatic carbocycles. The lowest BCUT2D eigenvalue weighted by atomic mass is 10.2. The molecule has 1 aromatic carbocycles. The molecule has 9 heteroatoms. The molecule has 9 nitrogen and oxygen atoms in total. The Bertz CT molecular complexity index is 718. The smallest absolute Gasteiger partial charge is 0.326 e. The maximum absolute atomic E-state index is 11.9. The monoisotopic (exact) mass is 363 g/mol. The zero-order valence-corrected chi connectivity index (χ0v) is 14.5. The number of nitro benzene ring substituents is 1. The summed E-state index contributed by atoms with van der Waals surface area (Å²) in [6.07, 6.45) is 3.04. The van der Waals surface area contributed by atoms with E-state index in [-0.39, 0.29) is 18.1 Å². The maximum atomic E-state index is 11.9. The van der Waals surface area contributed by atoms with Crippen LogP contribution in [-0.2, 0) is 19.1 Å². The number of anilines is 1. The summed E-state index contributed by atoms with van der Waals surface area (Å²) in [5, 5.41) is 13.2. The Morgan fingerprint density at radius 1 is 1.31 bits per heavy atom. The van der Waals surface area contributed by atoms with E-state index in [1.54, 1.807) is 6.92 Å². The average molecular weight is 363 g/mol. The lowest BCUT2D eigenvalue weighted by molar-refractivity contribution is -0.384. The molecule has 0 spiro atoms. The van der Waals surface area contributed by atoms with Gasteiger partial charge in [-0.1, -0.05) is 6.42 Å². The highest BCUT2D eigenvalue weighted by Gasteiger charge is 2.20. The van der Waals surface area contributed by atoms with Crippen molar-refractivity contribution >= 4 is 29.2 Å². The second-order valence-corrected chi connectivity index (χ2v) is 6.09. The molecule has 1 aliphatic rings. The van der Waals surface area contributed by atoms with E-state index in [1.807, 2.05) is 0 Å². The number of nitro groups is 1. The van der Waals surface area contributed by atoms with Crippen LogP contribution in [0.4, 0.5) is 11.4 Å². The zero-order chi connectivity index (χ0) is 19.1. The van der Waals surface area contributed by atoms with E-state index >= 15 is 0 Å². The van der Waals surface area contributed by atoms with E-state index in [0.29, 0.717) is 24.2 Å². The van der Waals surface area contributed by atoms with Crippen LogP contribution in [0.15, 0.2) is 18.2 Å². The molecule has 2 rings (SSSR count). The Morgan fingerprint density at radius 2 is 2.08 bits per heavy atom. The number of rotatable bonds is 6. The van der Waals surface area contributed by atoms with Crippen molar-refractivity contribution in [2.45, 2.75) is 32.6 Å². The van der Waals surface area contributed by atoms with Gasteiger partial charge in [0.2, 0.25) is 5.91 Å². The summed E-state index contributed by atoms with van der Waals surface area (Å²) in [6, 6.07) is 4.04. The first-order valence-corrected chi connectivity index (χ1v) is 8.35. The second kappa shape index (κ2) is 8.93. The molecule has 0 radical (unpaired) electrons. The van der Waals surface area contributed by atoms with Crippen LogP contribution in [0.5, 0.6) is 0 Å². The first-order valence-electron chi connectivity index (χ1n) is 8.35. The third-order valence-electron chi connectivity index (χ3n) is 4.05. The highest BCUT2D eigenvalue weighted by Crippen LogP contribution is 2.21. The number of hydrogen-bond acceptors (Lipinski definition) is 6. The number of amides is 2. The largest absolute Gasteiger partial charge is 0.454 e. The maximum Gasteiger partial charge on any atom is 0.326 e. The normalized spacial score (nSPS) is 14.5. The van der Waals surface area contributed by atoms with Crippen molar-refractivity contribution in [2.24, 2.45) is 0 Å². The van der Waals surface area contributed by atoms with Gasteiger partial charge in [0.1, 0.15) is 6.54 Å². The first kappa shape index (κ1) is 19.4. The predicted octanol–water partition coefficient (Wildman–Crippen LogP) is 1.79. The van der Waals surface area contributed by atoms with Gasteiger partial charge in [0.15, 0.2) is 6.61 Å². The van der Waals surface area contributed by atoms with Gasteiger partial charge in [0.25, 0.3) is 11.6 Å². The number of nitrogens with one attached hydrogen (secondary N) is 1. The van der Waals surface area contributed by atoms with E-state index in [0.717, 1.165) is 19.3 Å². The number of nitrogens with zero attached hydrogens (tertiary/aromatic N) is 2. The van der Waals surface area contributed by atoms with E-state index in [9.17, 15) is 24.5 Å². The number of likely N-dealkylation sites (tertiary alicyclic amines) is 1. The van der Waals surface area contributed by atoms with Gasteiger partial charge in [-0.2, -0.15) is 0 Å². The van der Waals surface area contributed by atoms with Crippen molar-refractivity contribution in [3.8, 4) is 0 Å². The topological polar surface area (TPSA) is 119 Å². The second-order valence-electron chi connectivity index (χ2n) is 6.09. The molecule has 0 unspecified atom stereocenters. The number of non-ortho nitro benzene ring substituents is 1. The van der Waals surface area contributed by atoms with Crippen LogP contribution in [0.1, 0.15) is 31.2 Å². The lowest BCUT2D eigenvalue weighted by Crippen LogP contribution is -2.36. The van der Waals surface area contributed by atoms with Gasteiger partial charge in [0.05, 0.1) is 4.92 Å². The minimum atomic E-state index is -0.643. The Hall–Kier alpha value is -2.97. The van der Waals surface area contributed by atoms with Crippen molar-refractivity contribution in [1.29, 1.82) is 0 Å². The Balaban J connectivity index is 1.81. The van der Waals surface area contributed by atoms with Crippen LogP contribution < -0.4 is 5.32 Å². The van der Waals surface area contributed by atoms with Gasteiger partial charge >= 0.3 is 5.97 Å². The third kappa shape index (κ3) is 5.54. The number of carbonyl (C=O) groups is 3. The fourth-order valence-corrected chi connectivity index (χ4v) is 2.64. The summed E-state index contributed by atoms with van der Waals surface area (Å²) in [4.78, 5) is 47.2. The lowest BCUT2D eigenvalue weighted by Gasteiger charge is -2.19. The van der Waals surface area contributed by atoms with Crippen molar-refractivity contribution in [1.82, 2.24) is 4.90 Å². The molecular formula is C17H21N3O6. The van der Waals surface area contributed by atoms with Gasteiger partial charge in [-0.05, 0) is 31.4 Å². The molecule has 140 valence electrons. The summed E-state index contributed by atoms with van der Waals surface area (Å²) in [6.45, 7) is 1.49. The fraction of sp³-hybridized carbons (Fsp3) is 0.471. The highest BCUT2D eigenvalue weighted by atomic mass is 16.6. The average Bonchev–Trinajstić information content (AvgIpc) is 2.79. The van der Waals surface area contributed by atoms with Crippen molar-refractivity contribution in [3.05, 3.63) is 33.9 Å². The highest BCUT2D eigenvalue weighted by molar-refractivity contribution is 5.94. The number of aryl methyl sites for hydroxylation is 1. The van der Waals surface area contributed by atoms with Crippen molar-refractivity contribution in [2.75, 3.05) is 25.0 Å². The van der Waals surface area contributed by atoms with Crippen molar-refractivity contribution < 1.29 is 24.0 Å². The zero-order valence-electron chi connectivity index (χ0n) is 14.5. The molecule has 26 heavy (non-hydrogen) atoms. The van der Waals surface area contributed by atoms with Crippen LogP contribution in [0.25, 0.3) is 0 Å². The van der Waals surface area contributed by atoms with E-state index in [4.69, 9.17) is 4.74 Å². The summed E-state index contributed by atoms with van der Waals surface area (Å²) >= 11 is 0. The summed E-state index contributed by atoms with van der Waals surface area (Å²) in [5.74, 6) is -1.28. The Labute approximate surface area is 150 Å². The molecule has 1 heterocycles. The number of carbonyl (C=O) groups excluding carboxylic acids is 3. The van der Waals surface area contributed by atoms with Gasteiger partial charge < -0.3 is 15.0 Å². The molecule has 0 aromatic heterocycles. The molecular weight excluding hydrogens is 342 g/mol. The SMILES string of the molecule is Cc1cc([N+](=O)[O-])ccc1NC(=O)COC(=O)CN1CCCCCC1=O. The van der Waals surface area contributed by atoms with Crippen LogP contribution in [0, 0.1) is 17.0 Å². The summed E-state index contributed by atoms with van der Waals surface area (Å²) < 4.78 is 4.92. The van der Waals surface area contributed by atoms with Gasteiger partial charge in [-0.3, -0.25) is 24.5 Å². The molecule has 0 bridgehead atoms. The van der Waals surface area contributed by atoms with Crippen LogP contribution in [0.2, 0.25) is 0 Å². The minimum Gasteiger partial charge on any atom is -0.454 e. The van der Waals surface area contributed by atoms with Crippen LogP contribution in [-0.4, -0.2) is 47.3 Å². The summed E-state index contributed by atoms with van der Waals surface area (Å²) in [5.41, 5.74) is 0.849. The number of benzene rings is 1. The molecule has 1 saturated heterocycles. The first-order chi connectivity index (χ1) is 12.4. The van der Waals surface area contributed by atoms with E-state index < -0.39 is 23.4 Å². The number of ether oxygens (including phenoxy) is 1. The summed E-state index contributed by atoms with van der Waals surface area (Å²) in [7, 11) is 0. The van der Waals surface area contributed by atoms with Gasteiger partial charge in [0, 0.05) is 30.8 Å². The number of hydrogen-bond donors (Lipinski definition) is 1. The minimum absolute atomic E-state index is 0.0750. The quantitative estimate of drug-likeness (QED) is 0.467. The van der Waals surface area contributed by atoms with E-state index in [2.05, 4.69) is 5.32 Å². The van der Waals surface area contributed by atoms with E-state index in [1.165, 1.54) is 23.1 Å². The van der Waals surface area contributed by atoms with Crippen LogP contribution in [0.3, 0.4) is 0 Å². The van der Waals surface area contributed by atoms with Crippen LogP contribution >= 0.6 is 0 Å². The molecule has 1 fully saturated rings. The Morgan fingerprint density at radius 3 is 2.77 bits per heavy atom. The van der Waals surface area contributed by atoms with Gasteiger partial charge in [-0.25, -0.2) is 0 Å². The predicted molar refractivity (Wildman–Crippen MR) is 92.5 cm³/mol. The molecule has 0 saturated carbocycles. The number of esters is 1. The standard InChI is InChI=1S/C17H21N3O6/c1-12-9-13(20(24)25)6-7-14(12)18-15(21)11-26-17(23)10-19-8-4-2-3-5-16(19)22/h6-7,9H,2-5,8,10-11H2,1H3,(H,18,21). The fourth-order valence-electron chi connectivity index (χ4n) is 2.64. The molecule has 1 aliphatic heterocycles. The molecule has 1 N–H and O–H groups in total. The molecule has 1 aromatic rings. The molecule has 2 amide bonds. The molecule has 0 atom stereocenters.